The zero-order chi connectivity index (χ0) is 27.6. The molecule has 1 aliphatic rings. The smallest absolute Gasteiger partial charge is 0.322 e. The molecule has 0 saturated heterocycles. The monoisotopic (exact) mass is 533 g/mol. The highest BCUT2D eigenvalue weighted by Crippen LogP contribution is 2.39. The number of ether oxygens (including phenoxy) is 2. The molecule has 202 valence electrons. The quantitative estimate of drug-likeness (QED) is 0.270. The topological polar surface area (TPSA) is 73.5 Å². The molecule has 0 saturated carbocycles. The Bertz CT molecular complexity index is 1640. The molecule has 8 nitrogen and oxygen atoms in total. The van der Waals surface area contributed by atoms with Gasteiger partial charge in [-0.2, -0.15) is 5.10 Å². The Morgan fingerprint density at radius 2 is 1.77 bits per heavy atom. The third kappa shape index (κ3) is 4.58. The summed E-state index contributed by atoms with van der Waals surface area (Å²) in [5, 5.41) is 8.03. The molecule has 0 spiro atoms. The molecule has 0 radical (unpaired) electrons. The largest absolute Gasteiger partial charge is 0.497 e. The number of benzene rings is 3. The van der Waals surface area contributed by atoms with Crippen LogP contribution in [0, 0.1) is 6.92 Å². The van der Waals surface area contributed by atoms with Crippen LogP contribution in [-0.2, 0) is 6.54 Å². The number of aromatic nitrogens is 3. The number of fused-ring (bicyclic) bond motifs is 3. The van der Waals surface area contributed by atoms with Crippen LogP contribution >= 0.6 is 0 Å². The van der Waals surface area contributed by atoms with Crippen molar-refractivity contribution in [2.45, 2.75) is 26.4 Å². The van der Waals surface area contributed by atoms with Crippen LogP contribution in [-0.4, -0.2) is 39.0 Å². The molecule has 2 amide bonds. The lowest BCUT2D eigenvalue weighted by molar-refractivity contribution is 0.194. The first-order chi connectivity index (χ1) is 19.6. The van der Waals surface area contributed by atoms with Crippen molar-refractivity contribution in [3.05, 3.63) is 120 Å². The second-order valence-corrected chi connectivity index (χ2v) is 9.63. The summed E-state index contributed by atoms with van der Waals surface area (Å²) in [4.78, 5) is 16.0. The molecule has 5 aromatic rings. The normalized spacial score (nSPS) is 14.2. The van der Waals surface area contributed by atoms with Crippen molar-refractivity contribution in [1.29, 1.82) is 0 Å². The van der Waals surface area contributed by atoms with Crippen LogP contribution < -0.4 is 14.8 Å². The van der Waals surface area contributed by atoms with Crippen molar-refractivity contribution < 1.29 is 14.3 Å². The fourth-order valence-electron chi connectivity index (χ4n) is 5.31. The van der Waals surface area contributed by atoms with E-state index in [0.717, 1.165) is 45.5 Å². The number of nitrogens with one attached hydrogen (secondary N) is 1. The summed E-state index contributed by atoms with van der Waals surface area (Å²) >= 11 is 0. The molecule has 3 aromatic carbocycles. The number of hydrogen-bond acceptors (Lipinski definition) is 4. The molecule has 8 heteroatoms. The van der Waals surface area contributed by atoms with Crippen LogP contribution in [0.5, 0.6) is 11.5 Å². The maximum Gasteiger partial charge on any atom is 0.322 e. The highest BCUT2D eigenvalue weighted by atomic mass is 16.5. The Morgan fingerprint density at radius 1 is 0.975 bits per heavy atom. The summed E-state index contributed by atoms with van der Waals surface area (Å²) in [5.74, 6) is 2.42. The number of nitrogens with zero attached hydrogens (tertiary/aromatic N) is 4. The van der Waals surface area contributed by atoms with Crippen LogP contribution in [0.3, 0.4) is 0 Å². The van der Waals surface area contributed by atoms with Crippen molar-refractivity contribution in [3.8, 4) is 23.0 Å². The molecule has 6 rings (SSSR count). The number of aryl methyl sites for hydroxylation is 1. The molecule has 1 unspecified atom stereocenters. The van der Waals surface area contributed by atoms with Gasteiger partial charge in [0.2, 0.25) is 0 Å². The van der Waals surface area contributed by atoms with E-state index in [1.54, 1.807) is 7.11 Å². The van der Waals surface area contributed by atoms with Gasteiger partial charge in [-0.3, -0.25) is 0 Å². The Labute approximate surface area is 233 Å². The van der Waals surface area contributed by atoms with E-state index in [2.05, 4.69) is 16.0 Å². The van der Waals surface area contributed by atoms with Gasteiger partial charge in [0.1, 0.15) is 17.3 Å². The van der Waals surface area contributed by atoms with Gasteiger partial charge < -0.3 is 24.3 Å². The van der Waals surface area contributed by atoms with Gasteiger partial charge in [-0.05, 0) is 80.1 Å². The molecule has 0 fully saturated rings. The molecule has 0 aliphatic carbocycles. The Kier molecular flexibility index (Phi) is 6.74. The average molecular weight is 534 g/mol. The molecule has 0 bridgehead atoms. The van der Waals surface area contributed by atoms with Crippen molar-refractivity contribution >= 4 is 11.7 Å². The first kappa shape index (κ1) is 25.3. The van der Waals surface area contributed by atoms with Gasteiger partial charge in [-0.25, -0.2) is 9.48 Å². The minimum Gasteiger partial charge on any atom is -0.497 e. The maximum absolute atomic E-state index is 14.1. The predicted octanol–water partition coefficient (Wildman–Crippen LogP) is 6.52. The maximum atomic E-state index is 14.1. The highest BCUT2D eigenvalue weighted by molar-refractivity contribution is 5.90. The van der Waals surface area contributed by atoms with Crippen LogP contribution in [0.2, 0.25) is 0 Å². The van der Waals surface area contributed by atoms with E-state index >= 15 is 0 Å². The number of hydrogen-bond donors (Lipinski definition) is 1. The zero-order valence-corrected chi connectivity index (χ0v) is 22.7. The number of carbonyl (C=O) groups excluding carboxylic acids is 1. The summed E-state index contributed by atoms with van der Waals surface area (Å²) < 4.78 is 15.2. The number of amides is 2. The molecular weight excluding hydrogens is 502 g/mol. The van der Waals surface area contributed by atoms with Crippen molar-refractivity contribution in [1.82, 2.24) is 19.2 Å². The predicted molar refractivity (Wildman–Crippen MR) is 155 cm³/mol. The van der Waals surface area contributed by atoms with Gasteiger partial charge >= 0.3 is 6.03 Å². The van der Waals surface area contributed by atoms with Crippen molar-refractivity contribution in [2.24, 2.45) is 0 Å². The van der Waals surface area contributed by atoms with E-state index < -0.39 is 0 Å². The number of methoxy groups -OCH3 is 1. The Hall–Kier alpha value is -4.98. The van der Waals surface area contributed by atoms with E-state index in [0.29, 0.717) is 18.8 Å². The lowest BCUT2D eigenvalue weighted by atomic mass is 10.0. The van der Waals surface area contributed by atoms with Gasteiger partial charge in [0.05, 0.1) is 43.4 Å². The van der Waals surface area contributed by atoms with E-state index in [9.17, 15) is 4.79 Å². The molecule has 3 heterocycles. The van der Waals surface area contributed by atoms with Crippen molar-refractivity contribution in [3.63, 3.8) is 0 Å². The molecule has 40 heavy (non-hydrogen) atoms. The number of anilines is 1. The third-order valence-electron chi connectivity index (χ3n) is 7.17. The molecule has 1 N–H and O–H groups in total. The van der Waals surface area contributed by atoms with Crippen LogP contribution in [0.1, 0.15) is 35.5 Å². The molecule has 1 atom stereocenters. The number of carbonyl (C=O) groups is 1. The van der Waals surface area contributed by atoms with Crippen LogP contribution in [0.4, 0.5) is 10.5 Å². The van der Waals surface area contributed by atoms with Crippen LogP contribution in [0.25, 0.3) is 11.5 Å². The van der Waals surface area contributed by atoms with Gasteiger partial charge in [0.25, 0.3) is 0 Å². The first-order valence-electron chi connectivity index (χ1n) is 13.3. The Balaban J connectivity index is 1.49. The van der Waals surface area contributed by atoms with Gasteiger partial charge in [0, 0.05) is 17.4 Å². The standard InChI is InChI=1S/C32H31N5O3/c1-4-40-26-17-15-24(16-18-26)33-32(38)36-21-28-22(2)34-37(25-11-6-5-7-12-25)31(28)35-19-9-14-29(35)30(36)23-10-8-13-27(20-23)39-3/h5-20,30H,4,21H2,1-3H3,(H,33,38). The van der Waals surface area contributed by atoms with Crippen molar-refractivity contribution in [2.75, 3.05) is 19.0 Å². The minimum absolute atomic E-state index is 0.218. The van der Waals surface area contributed by atoms with E-state index in [1.807, 2.05) is 115 Å². The Morgan fingerprint density at radius 3 is 2.52 bits per heavy atom. The number of urea groups is 1. The van der Waals surface area contributed by atoms with Gasteiger partial charge in [-0.15, -0.1) is 0 Å². The average Bonchev–Trinajstić information content (AvgIpc) is 3.55. The summed E-state index contributed by atoms with van der Waals surface area (Å²) in [6.07, 6.45) is 2.04. The van der Waals surface area contributed by atoms with Crippen LogP contribution in [0.15, 0.2) is 97.2 Å². The summed E-state index contributed by atoms with van der Waals surface area (Å²) in [5.41, 5.74) is 5.39. The number of rotatable bonds is 6. The zero-order valence-electron chi connectivity index (χ0n) is 22.7. The fraction of sp³-hybridized carbons (Fsp3) is 0.188. The lowest BCUT2D eigenvalue weighted by Gasteiger charge is -2.31. The second-order valence-electron chi connectivity index (χ2n) is 9.63. The van der Waals surface area contributed by atoms with E-state index in [1.165, 1.54) is 0 Å². The fourth-order valence-corrected chi connectivity index (χ4v) is 5.31. The molecular formula is C32H31N5O3. The second kappa shape index (κ2) is 10.6. The highest BCUT2D eigenvalue weighted by Gasteiger charge is 2.36. The summed E-state index contributed by atoms with van der Waals surface area (Å²) in [6.45, 7) is 4.88. The molecule has 2 aromatic heterocycles. The third-order valence-corrected chi connectivity index (χ3v) is 7.17. The number of para-hydroxylation sites is 1. The summed E-state index contributed by atoms with van der Waals surface area (Å²) in [6, 6.07) is 28.9. The van der Waals surface area contributed by atoms with Gasteiger partial charge in [-0.1, -0.05) is 30.3 Å². The van der Waals surface area contributed by atoms with Gasteiger partial charge in [0.15, 0.2) is 0 Å². The molecule has 1 aliphatic heterocycles. The van der Waals surface area contributed by atoms with E-state index in [4.69, 9.17) is 14.6 Å². The SMILES string of the molecule is CCOc1ccc(NC(=O)N2Cc3c(C)nn(-c4ccccc4)c3-n3cccc3C2c2cccc(OC)c2)cc1. The lowest BCUT2D eigenvalue weighted by Crippen LogP contribution is -2.38. The summed E-state index contributed by atoms with van der Waals surface area (Å²) in [7, 11) is 1.65. The minimum atomic E-state index is -0.385. The first-order valence-corrected chi connectivity index (χ1v) is 13.3. The van der Waals surface area contributed by atoms with E-state index in [-0.39, 0.29) is 12.1 Å².